The number of nitrogens with zero attached hydrogens (tertiary/aromatic N) is 2. The molecule has 0 aliphatic carbocycles. The van der Waals surface area contributed by atoms with Crippen LogP contribution in [0.25, 0.3) is 0 Å². The number of carbonyl (C=O) groups is 3. The van der Waals surface area contributed by atoms with Crippen LogP contribution in [-0.2, 0) is 9.59 Å². The lowest BCUT2D eigenvalue weighted by molar-refractivity contribution is -0.137. The third kappa shape index (κ3) is 6.97. The Bertz CT molecular complexity index is 373. The molecule has 1 fully saturated rings. The summed E-state index contributed by atoms with van der Waals surface area (Å²) in [6.07, 6.45) is 3.20. The van der Waals surface area contributed by atoms with E-state index in [4.69, 9.17) is 5.11 Å². The first-order valence-electron chi connectivity index (χ1n) is 7.51. The summed E-state index contributed by atoms with van der Waals surface area (Å²) in [4.78, 5) is 37.1. The van der Waals surface area contributed by atoms with Crippen molar-refractivity contribution < 1.29 is 19.5 Å². The summed E-state index contributed by atoms with van der Waals surface area (Å²) >= 11 is 0. The van der Waals surface area contributed by atoms with E-state index in [2.05, 4.69) is 5.32 Å². The Balaban J connectivity index is 2.17. The van der Waals surface area contributed by atoms with Gasteiger partial charge in [-0.25, -0.2) is 4.79 Å². The second kappa shape index (κ2) is 9.20. The van der Waals surface area contributed by atoms with Crippen molar-refractivity contribution in [1.82, 2.24) is 15.1 Å². The monoisotopic (exact) mass is 299 g/mol. The van der Waals surface area contributed by atoms with Gasteiger partial charge in [0.2, 0.25) is 5.91 Å². The quantitative estimate of drug-likeness (QED) is 0.713. The van der Waals surface area contributed by atoms with Crippen molar-refractivity contribution in [3.63, 3.8) is 0 Å². The minimum absolute atomic E-state index is 0.0516. The Morgan fingerprint density at radius 3 is 2.33 bits per heavy atom. The molecule has 0 bridgehead atoms. The lowest BCUT2D eigenvalue weighted by atomic mass is 10.2. The van der Waals surface area contributed by atoms with Crippen LogP contribution in [0, 0.1) is 0 Å². The molecule has 1 heterocycles. The van der Waals surface area contributed by atoms with Crippen molar-refractivity contribution in [2.75, 3.05) is 32.7 Å². The molecule has 0 aromatic rings. The van der Waals surface area contributed by atoms with Gasteiger partial charge in [0.05, 0.1) is 0 Å². The Morgan fingerprint density at radius 1 is 1.00 bits per heavy atom. The number of hydrogen-bond acceptors (Lipinski definition) is 3. The summed E-state index contributed by atoms with van der Waals surface area (Å²) < 4.78 is 0. The molecule has 120 valence electrons. The van der Waals surface area contributed by atoms with E-state index in [0.717, 1.165) is 19.3 Å². The summed E-state index contributed by atoms with van der Waals surface area (Å²) in [6, 6.07) is -0.0985. The van der Waals surface area contributed by atoms with Crippen molar-refractivity contribution in [3.05, 3.63) is 0 Å². The van der Waals surface area contributed by atoms with E-state index in [9.17, 15) is 14.4 Å². The highest BCUT2D eigenvalue weighted by Crippen LogP contribution is 2.04. The van der Waals surface area contributed by atoms with Gasteiger partial charge in [-0.2, -0.15) is 0 Å². The lowest BCUT2D eigenvalue weighted by Crippen LogP contribution is -2.42. The normalized spacial score (nSPS) is 15.5. The van der Waals surface area contributed by atoms with Crippen LogP contribution in [0.1, 0.15) is 39.0 Å². The first-order valence-corrected chi connectivity index (χ1v) is 7.51. The first kappa shape index (κ1) is 17.3. The number of urea groups is 1. The Morgan fingerprint density at radius 2 is 1.67 bits per heavy atom. The van der Waals surface area contributed by atoms with E-state index in [-0.39, 0.29) is 18.4 Å². The molecule has 0 saturated carbocycles. The smallest absolute Gasteiger partial charge is 0.317 e. The molecule has 1 rings (SSSR count). The van der Waals surface area contributed by atoms with Gasteiger partial charge < -0.3 is 20.2 Å². The first-order chi connectivity index (χ1) is 10.0. The SMILES string of the molecule is CC(=O)N1CCCN(C(=O)NCCCCCC(=O)O)CC1. The van der Waals surface area contributed by atoms with Gasteiger partial charge in [0.15, 0.2) is 0 Å². The van der Waals surface area contributed by atoms with Crippen molar-refractivity contribution in [1.29, 1.82) is 0 Å². The van der Waals surface area contributed by atoms with Crippen LogP contribution in [0.2, 0.25) is 0 Å². The number of carboxylic acids is 1. The van der Waals surface area contributed by atoms with Gasteiger partial charge in [0, 0.05) is 46.1 Å². The van der Waals surface area contributed by atoms with E-state index >= 15 is 0 Å². The molecular weight excluding hydrogens is 274 g/mol. The largest absolute Gasteiger partial charge is 0.481 e. The second-order valence-electron chi connectivity index (χ2n) is 5.28. The molecule has 2 N–H and O–H groups in total. The zero-order valence-corrected chi connectivity index (χ0v) is 12.6. The number of aliphatic carboxylic acids is 1. The van der Waals surface area contributed by atoms with Gasteiger partial charge in [-0.15, -0.1) is 0 Å². The van der Waals surface area contributed by atoms with Crippen LogP contribution in [0.5, 0.6) is 0 Å². The highest BCUT2D eigenvalue weighted by atomic mass is 16.4. The minimum Gasteiger partial charge on any atom is -0.481 e. The molecule has 0 atom stereocenters. The average molecular weight is 299 g/mol. The number of unbranched alkanes of at least 4 members (excludes halogenated alkanes) is 2. The molecule has 0 unspecified atom stereocenters. The molecule has 21 heavy (non-hydrogen) atoms. The van der Waals surface area contributed by atoms with Gasteiger partial charge in [-0.1, -0.05) is 6.42 Å². The molecule has 1 aliphatic heterocycles. The van der Waals surface area contributed by atoms with Crippen molar-refractivity contribution >= 4 is 17.9 Å². The number of carboxylic acid groups (broad SMARTS) is 1. The number of nitrogens with one attached hydrogen (secondary N) is 1. The second-order valence-corrected chi connectivity index (χ2v) is 5.28. The van der Waals surface area contributed by atoms with Crippen LogP contribution in [0.3, 0.4) is 0 Å². The molecule has 1 aliphatic rings. The van der Waals surface area contributed by atoms with E-state index in [1.54, 1.807) is 16.7 Å². The highest BCUT2D eigenvalue weighted by Gasteiger charge is 2.19. The number of carbonyl (C=O) groups excluding carboxylic acids is 2. The summed E-state index contributed by atoms with van der Waals surface area (Å²) in [5, 5.41) is 11.4. The molecule has 0 radical (unpaired) electrons. The Labute approximate surface area is 125 Å². The van der Waals surface area contributed by atoms with Crippen molar-refractivity contribution in [2.24, 2.45) is 0 Å². The standard InChI is InChI=1S/C14H25N3O4/c1-12(18)16-8-5-9-17(11-10-16)14(21)15-7-4-2-3-6-13(19)20/h2-11H2,1H3,(H,15,21)(H,19,20). The lowest BCUT2D eigenvalue weighted by Gasteiger charge is -2.21. The number of rotatable bonds is 6. The summed E-state index contributed by atoms with van der Waals surface area (Å²) in [7, 11) is 0. The fourth-order valence-corrected chi connectivity index (χ4v) is 2.32. The van der Waals surface area contributed by atoms with Crippen LogP contribution >= 0.6 is 0 Å². The third-order valence-electron chi connectivity index (χ3n) is 3.57. The van der Waals surface area contributed by atoms with E-state index in [0.29, 0.717) is 39.1 Å². The average Bonchev–Trinajstić information content (AvgIpc) is 2.68. The molecule has 7 nitrogen and oxygen atoms in total. The van der Waals surface area contributed by atoms with Gasteiger partial charge >= 0.3 is 12.0 Å². The topological polar surface area (TPSA) is 90.0 Å². The van der Waals surface area contributed by atoms with Crippen LogP contribution in [0.4, 0.5) is 4.79 Å². The fraction of sp³-hybridized carbons (Fsp3) is 0.786. The Kier molecular flexibility index (Phi) is 7.56. The maximum Gasteiger partial charge on any atom is 0.317 e. The molecular formula is C14H25N3O4. The zero-order chi connectivity index (χ0) is 15.7. The Hall–Kier alpha value is -1.79. The van der Waals surface area contributed by atoms with Crippen molar-refractivity contribution in [2.45, 2.75) is 39.0 Å². The maximum atomic E-state index is 12.0. The molecule has 3 amide bonds. The number of hydrogen-bond donors (Lipinski definition) is 2. The predicted octanol–water partition coefficient (Wildman–Crippen LogP) is 0.895. The van der Waals surface area contributed by atoms with E-state index in [1.165, 1.54) is 0 Å². The van der Waals surface area contributed by atoms with E-state index in [1.807, 2.05) is 0 Å². The predicted molar refractivity (Wildman–Crippen MR) is 77.9 cm³/mol. The van der Waals surface area contributed by atoms with Gasteiger partial charge in [0.25, 0.3) is 0 Å². The van der Waals surface area contributed by atoms with E-state index < -0.39 is 5.97 Å². The summed E-state index contributed by atoms with van der Waals surface area (Å²) in [5.74, 6) is -0.727. The molecule has 0 spiro atoms. The van der Waals surface area contributed by atoms with Crippen molar-refractivity contribution in [3.8, 4) is 0 Å². The molecule has 0 aromatic heterocycles. The van der Waals surface area contributed by atoms with Crippen LogP contribution in [-0.4, -0.2) is 65.5 Å². The maximum absolute atomic E-state index is 12.0. The highest BCUT2D eigenvalue weighted by molar-refractivity contribution is 5.75. The molecule has 1 saturated heterocycles. The summed E-state index contributed by atoms with van der Waals surface area (Å²) in [6.45, 7) is 4.62. The summed E-state index contributed by atoms with van der Waals surface area (Å²) in [5.41, 5.74) is 0. The molecule has 0 aromatic carbocycles. The van der Waals surface area contributed by atoms with Crippen LogP contribution in [0.15, 0.2) is 0 Å². The third-order valence-corrected chi connectivity index (χ3v) is 3.57. The number of amides is 3. The van der Waals surface area contributed by atoms with Gasteiger partial charge in [-0.05, 0) is 19.3 Å². The molecule has 7 heteroatoms. The zero-order valence-electron chi connectivity index (χ0n) is 12.6. The van der Waals surface area contributed by atoms with Crippen LogP contribution < -0.4 is 5.32 Å². The van der Waals surface area contributed by atoms with Gasteiger partial charge in [0.1, 0.15) is 0 Å². The fourth-order valence-electron chi connectivity index (χ4n) is 2.32. The van der Waals surface area contributed by atoms with Gasteiger partial charge in [-0.3, -0.25) is 9.59 Å². The minimum atomic E-state index is -0.779.